The minimum Gasteiger partial charge on any atom is -0.475 e. The monoisotopic (exact) mass is 351 g/mol. The lowest BCUT2D eigenvalue weighted by Gasteiger charge is -2.04. The number of aromatic carboxylic acids is 1. The van der Waals surface area contributed by atoms with E-state index in [9.17, 15) is 4.79 Å². The lowest BCUT2D eigenvalue weighted by molar-refractivity contribution is 0.0660. The first-order valence-corrected chi connectivity index (χ1v) is 8.17. The van der Waals surface area contributed by atoms with Gasteiger partial charge >= 0.3 is 5.97 Å². The molecule has 0 bridgehead atoms. The Morgan fingerprint density at radius 3 is 2.60 bits per heavy atom. The molecule has 0 aliphatic rings. The Labute approximate surface area is 148 Å². The van der Waals surface area contributed by atoms with Gasteiger partial charge in [-0.3, -0.25) is 0 Å². The van der Waals surface area contributed by atoms with Gasteiger partial charge in [-0.1, -0.05) is 48.0 Å². The number of nitrogens with one attached hydrogen (secondary N) is 1. The average Bonchev–Trinajstić information content (AvgIpc) is 3.21. The molecule has 2 heterocycles. The standard InChI is InChI=1S/C20H14ClNO3/c21-13-6-8-15-16(11-14-7-9-18(25-14)20(23)24)19(22-17(15)10-13)12-4-2-1-3-5-12/h1-10,22H,11H2,(H,23,24). The fourth-order valence-corrected chi connectivity index (χ4v) is 3.20. The first kappa shape index (κ1) is 15.5. The summed E-state index contributed by atoms with van der Waals surface area (Å²) in [5.74, 6) is -0.523. The number of carboxylic acids is 1. The van der Waals surface area contributed by atoms with Crippen molar-refractivity contribution in [3.8, 4) is 11.3 Å². The van der Waals surface area contributed by atoms with Crippen molar-refractivity contribution < 1.29 is 14.3 Å². The molecule has 5 heteroatoms. The number of halogens is 1. The molecule has 0 amide bonds. The van der Waals surface area contributed by atoms with Crippen molar-refractivity contribution >= 4 is 28.5 Å². The number of aromatic amines is 1. The highest BCUT2D eigenvalue weighted by molar-refractivity contribution is 6.31. The maximum Gasteiger partial charge on any atom is 0.371 e. The highest BCUT2D eigenvalue weighted by Crippen LogP contribution is 2.33. The Hall–Kier alpha value is -2.98. The molecule has 0 spiro atoms. The molecule has 4 rings (SSSR count). The van der Waals surface area contributed by atoms with Gasteiger partial charge in [0.05, 0.1) is 5.69 Å². The third-order valence-electron chi connectivity index (χ3n) is 4.15. The minimum absolute atomic E-state index is 0.0563. The Balaban J connectivity index is 1.86. The lowest BCUT2D eigenvalue weighted by Crippen LogP contribution is -1.93. The number of benzene rings is 2. The smallest absolute Gasteiger partial charge is 0.371 e. The molecule has 0 aliphatic heterocycles. The molecule has 4 aromatic rings. The van der Waals surface area contributed by atoms with E-state index < -0.39 is 5.97 Å². The molecule has 0 radical (unpaired) electrons. The van der Waals surface area contributed by atoms with Gasteiger partial charge in [0.25, 0.3) is 0 Å². The molecule has 2 N–H and O–H groups in total. The molecule has 2 aromatic carbocycles. The van der Waals surface area contributed by atoms with Crippen LogP contribution in [0.25, 0.3) is 22.2 Å². The van der Waals surface area contributed by atoms with E-state index in [0.717, 1.165) is 27.7 Å². The van der Waals surface area contributed by atoms with Crippen LogP contribution in [0.15, 0.2) is 65.1 Å². The number of hydrogen-bond acceptors (Lipinski definition) is 2. The van der Waals surface area contributed by atoms with Crippen molar-refractivity contribution in [2.45, 2.75) is 6.42 Å². The first-order chi connectivity index (χ1) is 12.1. The topological polar surface area (TPSA) is 66.2 Å². The second-order valence-corrected chi connectivity index (χ2v) is 6.22. The molecule has 0 fully saturated rings. The van der Waals surface area contributed by atoms with E-state index in [4.69, 9.17) is 21.1 Å². The highest BCUT2D eigenvalue weighted by Gasteiger charge is 2.16. The third kappa shape index (κ3) is 2.92. The summed E-state index contributed by atoms with van der Waals surface area (Å²) in [6.07, 6.45) is 0.485. The predicted octanol–water partition coefficient (Wildman–Crippen LogP) is 5.37. The number of carboxylic acid groups (broad SMARTS) is 1. The van der Waals surface area contributed by atoms with E-state index in [1.54, 1.807) is 6.07 Å². The summed E-state index contributed by atoms with van der Waals surface area (Å²) in [5.41, 5.74) is 4.01. The average molecular weight is 352 g/mol. The summed E-state index contributed by atoms with van der Waals surface area (Å²) in [6.45, 7) is 0. The van der Waals surface area contributed by atoms with Gasteiger partial charge in [-0.25, -0.2) is 4.79 Å². The second-order valence-electron chi connectivity index (χ2n) is 5.78. The van der Waals surface area contributed by atoms with Crippen molar-refractivity contribution in [1.82, 2.24) is 4.98 Å². The quantitative estimate of drug-likeness (QED) is 0.519. The molecular weight excluding hydrogens is 338 g/mol. The Morgan fingerprint density at radius 1 is 1.08 bits per heavy atom. The van der Waals surface area contributed by atoms with E-state index in [-0.39, 0.29) is 5.76 Å². The molecular formula is C20H14ClNO3. The van der Waals surface area contributed by atoms with Crippen LogP contribution in [-0.2, 0) is 6.42 Å². The number of furan rings is 1. The first-order valence-electron chi connectivity index (χ1n) is 7.79. The summed E-state index contributed by atoms with van der Waals surface area (Å²) in [6, 6.07) is 18.9. The SMILES string of the molecule is O=C(O)c1ccc(Cc2c(-c3ccccc3)[nH]c3cc(Cl)ccc23)o1. The largest absolute Gasteiger partial charge is 0.475 e. The van der Waals surface area contributed by atoms with Gasteiger partial charge in [0, 0.05) is 22.3 Å². The Morgan fingerprint density at radius 2 is 1.88 bits per heavy atom. The summed E-state index contributed by atoms with van der Waals surface area (Å²) in [7, 11) is 0. The van der Waals surface area contributed by atoms with Crippen LogP contribution < -0.4 is 0 Å². The van der Waals surface area contributed by atoms with Crippen LogP contribution in [0.1, 0.15) is 21.9 Å². The highest BCUT2D eigenvalue weighted by atomic mass is 35.5. The molecule has 0 saturated heterocycles. The van der Waals surface area contributed by atoms with Crippen LogP contribution in [0.5, 0.6) is 0 Å². The molecule has 0 unspecified atom stereocenters. The Bertz CT molecular complexity index is 1060. The summed E-state index contributed by atoms with van der Waals surface area (Å²) in [5, 5.41) is 10.7. The van der Waals surface area contributed by atoms with E-state index in [2.05, 4.69) is 4.98 Å². The maximum absolute atomic E-state index is 11.0. The van der Waals surface area contributed by atoms with Gasteiger partial charge in [0.2, 0.25) is 5.76 Å². The van der Waals surface area contributed by atoms with Crippen LogP contribution in [0.3, 0.4) is 0 Å². The number of carbonyl (C=O) groups is 1. The summed E-state index contributed by atoms with van der Waals surface area (Å²) in [4.78, 5) is 14.5. The van der Waals surface area contributed by atoms with Crippen molar-refractivity contribution in [3.05, 3.63) is 82.8 Å². The third-order valence-corrected chi connectivity index (χ3v) is 4.39. The van der Waals surface area contributed by atoms with E-state index in [1.807, 2.05) is 48.5 Å². The van der Waals surface area contributed by atoms with Crippen molar-refractivity contribution in [3.63, 3.8) is 0 Å². The lowest BCUT2D eigenvalue weighted by atomic mass is 10.0. The molecule has 0 aliphatic carbocycles. The summed E-state index contributed by atoms with van der Waals surface area (Å²) >= 11 is 6.12. The van der Waals surface area contributed by atoms with E-state index >= 15 is 0 Å². The molecule has 0 saturated carbocycles. The zero-order chi connectivity index (χ0) is 17.4. The van der Waals surface area contributed by atoms with E-state index in [1.165, 1.54) is 6.07 Å². The van der Waals surface area contributed by atoms with Crippen LogP contribution in [-0.4, -0.2) is 16.1 Å². The Kier molecular flexibility index (Phi) is 3.82. The predicted molar refractivity (Wildman–Crippen MR) is 97.2 cm³/mol. The fraction of sp³-hybridized carbons (Fsp3) is 0.0500. The molecule has 0 atom stereocenters. The molecule has 25 heavy (non-hydrogen) atoms. The van der Waals surface area contributed by atoms with Crippen LogP contribution in [0, 0.1) is 0 Å². The molecule has 2 aromatic heterocycles. The normalized spacial score (nSPS) is 11.1. The zero-order valence-corrected chi connectivity index (χ0v) is 13.9. The van der Waals surface area contributed by atoms with Crippen molar-refractivity contribution in [2.75, 3.05) is 0 Å². The van der Waals surface area contributed by atoms with Gasteiger partial charge in [0.1, 0.15) is 5.76 Å². The van der Waals surface area contributed by atoms with E-state index in [0.29, 0.717) is 17.2 Å². The number of fused-ring (bicyclic) bond motifs is 1. The van der Waals surface area contributed by atoms with Crippen molar-refractivity contribution in [2.24, 2.45) is 0 Å². The van der Waals surface area contributed by atoms with Gasteiger partial charge in [-0.05, 0) is 35.4 Å². The fourth-order valence-electron chi connectivity index (χ4n) is 3.02. The molecule has 124 valence electrons. The van der Waals surface area contributed by atoms with Crippen LogP contribution >= 0.6 is 11.6 Å². The minimum atomic E-state index is -1.07. The van der Waals surface area contributed by atoms with Gasteiger partial charge < -0.3 is 14.5 Å². The number of aromatic nitrogens is 1. The van der Waals surface area contributed by atoms with Gasteiger partial charge in [0.15, 0.2) is 0 Å². The number of hydrogen-bond donors (Lipinski definition) is 2. The second kappa shape index (κ2) is 6.15. The zero-order valence-electron chi connectivity index (χ0n) is 13.1. The number of rotatable bonds is 4. The summed E-state index contributed by atoms with van der Waals surface area (Å²) < 4.78 is 5.44. The maximum atomic E-state index is 11.0. The van der Waals surface area contributed by atoms with Gasteiger partial charge in [-0.15, -0.1) is 0 Å². The van der Waals surface area contributed by atoms with Crippen LogP contribution in [0.2, 0.25) is 5.02 Å². The van der Waals surface area contributed by atoms with Crippen molar-refractivity contribution in [1.29, 1.82) is 0 Å². The van der Waals surface area contributed by atoms with Crippen LogP contribution in [0.4, 0.5) is 0 Å². The van der Waals surface area contributed by atoms with Gasteiger partial charge in [-0.2, -0.15) is 0 Å². The number of H-pyrrole nitrogens is 1. The molecule has 4 nitrogen and oxygen atoms in total.